The number of carbonyl (C=O) groups excluding carboxylic acids is 1. The van der Waals surface area contributed by atoms with Crippen molar-refractivity contribution >= 4 is 34.4 Å². The summed E-state index contributed by atoms with van der Waals surface area (Å²) in [6, 6.07) is 7.96. The molecule has 1 aromatic rings. The van der Waals surface area contributed by atoms with Crippen molar-refractivity contribution in [3.05, 3.63) is 53.6 Å². The Labute approximate surface area is 154 Å². The highest BCUT2D eigenvalue weighted by Crippen LogP contribution is 2.32. The number of fused-ring (bicyclic) bond motifs is 1. The number of hydrogen-bond acceptors (Lipinski definition) is 3. The molecule has 130 valence electrons. The van der Waals surface area contributed by atoms with Gasteiger partial charge in [-0.15, -0.1) is 6.58 Å². The van der Waals surface area contributed by atoms with E-state index in [1.807, 2.05) is 57.4 Å². The third-order valence-electron chi connectivity index (χ3n) is 3.15. The number of hydrogen-bond donors (Lipinski definition) is 1. The third-order valence-corrected chi connectivity index (χ3v) is 4.44. The predicted octanol–water partition coefficient (Wildman–Crippen LogP) is 5.36. The van der Waals surface area contributed by atoms with Crippen molar-refractivity contribution in [2.45, 2.75) is 45.1 Å². The highest BCUT2D eigenvalue weighted by atomic mass is 35.5. The summed E-state index contributed by atoms with van der Waals surface area (Å²) in [5.74, 6) is -0.354. The van der Waals surface area contributed by atoms with Crippen LogP contribution < -0.4 is 5.32 Å². The molecule has 2 rings (SSSR count). The average molecular weight is 365 g/mol. The lowest BCUT2D eigenvalue weighted by Gasteiger charge is -2.15. The minimum absolute atomic E-state index is 0.0380. The monoisotopic (exact) mass is 364 g/mol. The molecule has 24 heavy (non-hydrogen) atoms. The molecular weight excluding hydrogens is 340 g/mol. The number of carbonyl (C=O) groups is 1. The lowest BCUT2D eigenvalue weighted by Crippen LogP contribution is -2.35. The Hall–Kier alpha value is -1.52. The number of allylic oxidation sites excluding steroid dienone is 1. The van der Waals surface area contributed by atoms with Crippen molar-refractivity contribution in [3.63, 3.8) is 0 Å². The van der Waals surface area contributed by atoms with E-state index in [1.165, 1.54) is 0 Å². The fourth-order valence-electron chi connectivity index (χ4n) is 2.08. The van der Waals surface area contributed by atoms with Gasteiger partial charge in [0, 0.05) is 28.6 Å². The molecule has 1 heterocycles. The molecule has 0 aliphatic carbocycles. The second-order valence-corrected chi connectivity index (χ2v) is 6.60. The van der Waals surface area contributed by atoms with E-state index in [9.17, 15) is 4.79 Å². The molecule has 0 radical (unpaired) electrons. The zero-order valence-corrected chi connectivity index (χ0v) is 16.2. The number of nitrogens with one attached hydrogen (secondary N) is 1. The van der Waals surface area contributed by atoms with Crippen LogP contribution in [0.25, 0.3) is 0 Å². The second-order valence-electron chi connectivity index (χ2n) is 5.34. The van der Waals surface area contributed by atoms with Crippen molar-refractivity contribution in [2.24, 2.45) is 10.9 Å². The Bertz CT molecular complexity index is 638. The number of amides is 1. The Morgan fingerprint density at radius 2 is 2.04 bits per heavy atom. The molecule has 5 heteroatoms. The molecule has 1 N–H and O–H groups in total. The molecule has 0 spiro atoms. The first kappa shape index (κ1) is 20.5. The lowest BCUT2D eigenvalue weighted by atomic mass is 10.0. The van der Waals surface area contributed by atoms with Gasteiger partial charge < -0.3 is 5.32 Å². The van der Waals surface area contributed by atoms with Crippen molar-refractivity contribution in [1.82, 2.24) is 5.32 Å². The Balaban J connectivity index is 0.00000139. The molecule has 0 bridgehead atoms. The Morgan fingerprint density at radius 1 is 1.38 bits per heavy atom. The van der Waals surface area contributed by atoms with Gasteiger partial charge in [0.15, 0.2) is 0 Å². The topological polar surface area (TPSA) is 41.5 Å². The van der Waals surface area contributed by atoms with Gasteiger partial charge in [0.25, 0.3) is 0 Å². The first-order chi connectivity index (χ1) is 11.5. The van der Waals surface area contributed by atoms with E-state index in [0.717, 1.165) is 16.2 Å². The molecule has 0 saturated heterocycles. The molecule has 1 unspecified atom stereocenters. The van der Waals surface area contributed by atoms with Gasteiger partial charge in [-0.2, -0.15) is 0 Å². The van der Waals surface area contributed by atoms with E-state index in [-0.39, 0.29) is 17.9 Å². The van der Waals surface area contributed by atoms with E-state index in [4.69, 9.17) is 11.6 Å². The van der Waals surface area contributed by atoms with Crippen molar-refractivity contribution in [2.75, 3.05) is 0 Å². The average Bonchev–Trinajstić information content (AvgIpc) is 2.73. The fourth-order valence-corrected chi connectivity index (χ4v) is 3.27. The van der Waals surface area contributed by atoms with Crippen LogP contribution in [0.3, 0.4) is 0 Å². The van der Waals surface area contributed by atoms with Gasteiger partial charge in [0.2, 0.25) is 5.91 Å². The molecule has 1 aliphatic rings. The van der Waals surface area contributed by atoms with Crippen molar-refractivity contribution < 1.29 is 4.79 Å². The second kappa shape index (κ2) is 10.4. The highest BCUT2D eigenvalue weighted by molar-refractivity contribution is 8.02. The normalized spacial score (nSPS) is 14.2. The maximum Gasteiger partial charge on any atom is 0.227 e. The van der Waals surface area contributed by atoms with Crippen LogP contribution in [0.4, 0.5) is 0 Å². The van der Waals surface area contributed by atoms with Gasteiger partial charge in [-0.1, -0.05) is 61.5 Å². The molecule has 1 aromatic carbocycles. The number of nitrogens with zero attached hydrogens (tertiary/aromatic N) is 1. The number of thioether (sulfide) groups is 1. The summed E-state index contributed by atoms with van der Waals surface area (Å²) in [6.45, 7) is 11.6. The zero-order valence-electron chi connectivity index (χ0n) is 14.7. The molecule has 1 atom stereocenters. The minimum atomic E-state index is -0.316. The van der Waals surface area contributed by atoms with Gasteiger partial charge in [-0.05, 0) is 25.3 Å². The first-order valence-corrected chi connectivity index (χ1v) is 9.39. The van der Waals surface area contributed by atoms with Crippen LogP contribution in [0.2, 0.25) is 0 Å². The fraction of sp³-hybridized carbons (Fsp3) is 0.368. The number of halogens is 1. The highest BCUT2D eigenvalue weighted by Gasteiger charge is 2.19. The first-order valence-electron chi connectivity index (χ1n) is 8.13. The van der Waals surface area contributed by atoms with Gasteiger partial charge in [-0.3, -0.25) is 4.79 Å². The molecule has 3 nitrogen and oxygen atoms in total. The number of benzene rings is 1. The molecule has 0 aromatic heterocycles. The third kappa shape index (κ3) is 5.84. The van der Waals surface area contributed by atoms with E-state index < -0.39 is 0 Å². The van der Waals surface area contributed by atoms with E-state index in [1.54, 1.807) is 17.8 Å². The zero-order chi connectivity index (χ0) is 18.1. The summed E-state index contributed by atoms with van der Waals surface area (Å²) in [5.41, 5.74) is 1.71. The van der Waals surface area contributed by atoms with Crippen LogP contribution in [-0.4, -0.2) is 17.1 Å². The largest absolute Gasteiger partial charge is 0.353 e. The van der Waals surface area contributed by atoms with Gasteiger partial charge in [0.05, 0.1) is 5.92 Å². The Kier molecular flexibility index (Phi) is 8.87. The summed E-state index contributed by atoms with van der Waals surface area (Å²) in [6.07, 6.45) is 2.14. The Morgan fingerprint density at radius 3 is 2.67 bits per heavy atom. The van der Waals surface area contributed by atoms with Crippen LogP contribution in [-0.2, 0) is 4.79 Å². The smallest absolute Gasteiger partial charge is 0.227 e. The van der Waals surface area contributed by atoms with E-state index in [0.29, 0.717) is 11.6 Å². The quantitative estimate of drug-likeness (QED) is 0.714. The van der Waals surface area contributed by atoms with E-state index in [2.05, 4.69) is 16.9 Å². The number of rotatable bonds is 5. The molecule has 0 saturated carbocycles. The number of aliphatic imine (C=N–C) groups is 1. The maximum absolute atomic E-state index is 12.1. The molecular formula is C19H25ClN2OS. The summed E-state index contributed by atoms with van der Waals surface area (Å²) in [4.78, 5) is 17.7. The van der Waals surface area contributed by atoms with Gasteiger partial charge in [-0.25, -0.2) is 4.99 Å². The maximum atomic E-state index is 12.1. The molecule has 0 fully saturated rings. The van der Waals surface area contributed by atoms with Crippen LogP contribution in [0, 0.1) is 5.92 Å². The van der Waals surface area contributed by atoms with Crippen LogP contribution in [0.15, 0.2) is 57.9 Å². The summed E-state index contributed by atoms with van der Waals surface area (Å²) >= 11 is 7.88. The minimum Gasteiger partial charge on any atom is -0.353 e. The van der Waals surface area contributed by atoms with Gasteiger partial charge in [0.1, 0.15) is 5.17 Å². The summed E-state index contributed by atoms with van der Waals surface area (Å²) in [5, 5.41) is 5.31. The standard InChI is InChI=1S/C17H19ClN2OS.C2H6/c1-4-12(17(21)19-11(2)3)9-13-10-22-15-8-6-5-7-14(15)16(18)20-13;1-2/h4-8,10-12H,1,9H2,2-3H3,(H,19,21);1-2H3. The predicted molar refractivity (Wildman–Crippen MR) is 106 cm³/mol. The van der Waals surface area contributed by atoms with Crippen molar-refractivity contribution in [3.8, 4) is 0 Å². The SMILES string of the molecule is C=CC(CC1=CSc2ccccc2C(Cl)=N1)C(=O)NC(C)C.CC. The summed E-state index contributed by atoms with van der Waals surface area (Å²) < 4.78 is 0. The lowest BCUT2D eigenvalue weighted by molar-refractivity contribution is -0.124. The van der Waals surface area contributed by atoms with Crippen LogP contribution in [0.5, 0.6) is 0 Å². The summed E-state index contributed by atoms with van der Waals surface area (Å²) in [7, 11) is 0. The van der Waals surface area contributed by atoms with Crippen molar-refractivity contribution in [1.29, 1.82) is 0 Å². The van der Waals surface area contributed by atoms with E-state index >= 15 is 0 Å². The van der Waals surface area contributed by atoms with Crippen LogP contribution >= 0.6 is 23.4 Å². The molecule has 1 amide bonds. The van der Waals surface area contributed by atoms with Crippen LogP contribution in [0.1, 0.15) is 39.7 Å². The van der Waals surface area contributed by atoms with Gasteiger partial charge >= 0.3 is 0 Å². The molecule has 1 aliphatic heterocycles.